The van der Waals surface area contributed by atoms with Crippen LogP contribution in [-0.4, -0.2) is 27.8 Å². The Labute approximate surface area is 155 Å². The van der Waals surface area contributed by atoms with Gasteiger partial charge in [0.2, 0.25) is 5.78 Å². The number of nitrogens with one attached hydrogen (secondary N) is 1. The number of fused-ring (bicyclic) bond motifs is 1. The van der Waals surface area contributed by atoms with Crippen molar-refractivity contribution in [1.82, 2.24) is 4.98 Å². The number of aromatic nitrogens is 1. The molecular weight excluding hydrogens is 348 g/mol. The molecule has 7 nitrogen and oxygen atoms in total. The molecule has 0 radical (unpaired) electrons. The average molecular weight is 366 g/mol. The van der Waals surface area contributed by atoms with Crippen LogP contribution in [0.1, 0.15) is 38.9 Å². The first-order valence-electron chi connectivity index (χ1n) is 8.37. The highest BCUT2D eigenvalue weighted by molar-refractivity contribution is 6.11. The smallest absolute Gasteiger partial charge is 0.338 e. The Bertz CT molecular complexity index is 1070. The van der Waals surface area contributed by atoms with E-state index in [0.29, 0.717) is 16.8 Å². The molecule has 0 aliphatic carbocycles. The van der Waals surface area contributed by atoms with Gasteiger partial charge in [0.1, 0.15) is 0 Å². The number of nitro benzene ring substituents is 1. The first-order valence-corrected chi connectivity index (χ1v) is 8.37. The number of para-hydroxylation sites is 1. The van der Waals surface area contributed by atoms with E-state index in [2.05, 4.69) is 4.98 Å². The predicted molar refractivity (Wildman–Crippen MR) is 100 cm³/mol. The number of aryl methyl sites for hydroxylation is 2. The van der Waals surface area contributed by atoms with Crippen molar-refractivity contribution in [2.24, 2.45) is 0 Å². The maximum Gasteiger partial charge on any atom is 0.338 e. The lowest BCUT2D eigenvalue weighted by atomic mass is 10.0. The molecule has 0 saturated carbocycles. The minimum Gasteiger partial charge on any atom is -0.451 e. The molecule has 0 fully saturated rings. The van der Waals surface area contributed by atoms with Crippen LogP contribution >= 0.6 is 0 Å². The van der Waals surface area contributed by atoms with Crippen LogP contribution in [0.2, 0.25) is 0 Å². The van der Waals surface area contributed by atoms with Crippen molar-refractivity contribution < 1.29 is 19.2 Å². The van der Waals surface area contributed by atoms with Crippen molar-refractivity contribution in [1.29, 1.82) is 0 Å². The monoisotopic (exact) mass is 366 g/mol. The molecule has 0 bridgehead atoms. The molecular formula is C20H18N2O5. The van der Waals surface area contributed by atoms with Crippen molar-refractivity contribution in [2.75, 3.05) is 0 Å². The van der Waals surface area contributed by atoms with Crippen molar-refractivity contribution in [3.8, 4) is 0 Å². The summed E-state index contributed by atoms with van der Waals surface area (Å²) < 4.78 is 5.31. The van der Waals surface area contributed by atoms with Gasteiger partial charge in [0.25, 0.3) is 5.69 Å². The van der Waals surface area contributed by atoms with Crippen LogP contribution in [0.5, 0.6) is 0 Å². The normalized spacial score (nSPS) is 12.0. The lowest BCUT2D eigenvalue weighted by molar-refractivity contribution is -0.385. The number of esters is 1. The van der Waals surface area contributed by atoms with Crippen molar-refractivity contribution in [2.45, 2.75) is 26.9 Å². The van der Waals surface area contributed by atoms with E-state index < -0.39 is 17.0 Å². The third kappa shape index (κ3) is 3.44. The molecule has 1 N–H and O–H groups in total. The van der Waals surface area contributed by atoms with Gasteiger partial charge in [-0.05, 0) is 39.0 Å². The van der Waals surface area contributed by atoms with E-state index in [1.54, 1.807) is 13.8 Å². The first-order chi connectivity index (χ1) is 12.8. The van der Waals surface area contributed by atoms with Crippen LogP contribution in [0.15, 0.2) is 42.5 Å². The number of ether oxygens (including phenoxy) is 1. The van der Waals surface area contributed by atoms with E-state index in [9.17, 15) is 19.7 Å². The SMILES string of the molecule is Cc1cc(C(=O)O[C@H](C)C(=O)c2c(C)[nH]c3ccccc23)ccc1[N+](=O)[O-]. The van der Waals surface area contributed by atoms with Gasteiger partial charge < -0.3 is 9.72 Å². The molecule has 3 aromatic rings. The maximum atomic E-state index is 12.8. The fourth-order valence-corrected chi connectivity index (χ4v) is 3.07. The number of carbonyl (C=O) groups is 2. The van der Waals surface area contributed by atoms with Crippen molar-refractivity contribution in [3.63, 3.8) is 0 Å². The molecule has 0 unspecified atom stereocenters. The van der Waals surface area contributed by atoms with Gasteiger partial charge in [-0.25, -0.2) is 4.79 Å². The van der Waals surface area contributed by atoms with E-state index in [-0.39, 0.29) is 17.0 Å². The molecule has 0 aliphatic heterocycles. The van der Waals surface area contributed by atoms with Crippen LogP contribution in [0, 0.1) is 24.0 Å². The quantitative estimate of drug-likeness (QED) is 0.317. The Morgan fingerprint density at radius 3 is 2.52 bits per heavy atom. The lowest BCUT2D eigenvalue weighted by Crippen LogP contribution is -2.25. The molecule has 0 amide bonds. The predicted octanol–water partition coefficient (Wildman–Crippen LogP) is 4.12. The van der Waals surface area contributed by atoms with Crippen LogP contribution in [0.4, 0.5) is 5.69 Å². The van der Waals surface area contributed by atoms with Gasteiger partial charge in [-0.2, -0.15) is 0 Å². The molecule has 7 heteroatoms. The van der Waals surface area contributed by atoms with Crippen LogP contribution in [-0.2, 0) is 4.74 Å². The van der Waals surface area contributed by atoms with Gasteiger partial charge >= 0.3 is 5.97 Å². The topological polar surface area (TPSA) is 102 Å². The lowest BCUT2D eigenvalue weighted by Gasteiger charge is -2.13. The molecule has 1 heterocycles. The van der Waals surface area contributed by atoms with Crippen LogP contribution < -0.4 is 0 Å². The molecule has 0 saturated heterocycles. The summed E-state index contributed by atoms with van der Waals surface area (Å²) in [7, 11) is 0. The van der Waals surface area contributed by atoms with Gasteiger partial charge in [0.05, 0.1) is 10.5 Å². The number of Topliss-reactive ketones (excluding diaryl/α,β-unsaturated/α-hetero) is 1. The zero-order valence-corrected chi connectivity index (χ0v) is 15.1. The Hall–Kier alpha value is -3.48. The fourth-order valence-electron chi connectivity index (χ4n) is 3.07. The second kappa shape index (κ2) is 7.03. The summed E-state index contributed by atoms with van der Waals surface area (Å²) in [4.78, 5) is 38.7. The summed E-state index contributed by atoms with van der Waals surface area (Å²) in [5.74, 6) is -1.01. The Morgan fingerprint density at radius 1 is 1.15 bits per heavy atom. The zero-order valence-electron chi connectivity index (χ0n) is 15.1. The van der Waals surface area contributed by atoms with Gasteiger partial charge in [-0.3, -0.25) is 14.9 Å². The van der Waals surface area contributed by atoms with Gasteiger partial charge in [-0.15, -0.1) is 0 Å². The number of hydrogen-bond acceptors (Lipinski definition) is 5. The zero-order chi connectivity index (χ0) is 19.7. The maximum absolute atomic E-state index is 12.8. The van der Waals surface area contributed by atoms with Crippen molar-refractivity contribution in [3.05, 3.63) is 75.0 Å². The Balaban J connectivity index is 1.82. The third-order valence-electron chi connectivity index (χ3n) is 4.42. The molecule has 138 valence electrons. The van der Waals surface area contributed by atoms with Crippen LogP contribution in [0.3, 0.4) is 0 Å². The highest BCUT2D eigenvalue weighted by Crippen LogP contribution is 2.24. The van der Waals surface area contributed by atoms with E-state index in [4.69, 9.17) is 4.74 Å². The summed E-state index contributed by atoms with van der Waals surface area (Å²) in [6.45, 7) is 4.85. The minimum atomic E-state index is -0.995. The number of nitrogens with zero attached hydrogens (tertiary/aromatic N) is 1. The largest absolute Gasteiger partial charge is 0.451 e. The highest BCUT2D eigenvalue weighted by atomic mass is 16.6. The number of carbonyl (C=O) groups excluding carboxylic acids is 2. The fraction of sp³-hybridized carbons (Fsp3) is 0.200. The molecule has 0 aliphatic rings. The van der Waals surface area contributed by atoms with Gasteiger partial charge in [0.15, 0.2) is 6.10 Å². The molecule has 27 heavy (non-hydrogen) atoms. The second-order valence-corrected chi connectivity index (χ2v) is 6.34. The number of H-pyrrole nitrogens is 1. The summed E-state index contributed by atoms with van der Waals surface area (Å²) >= 11 is 0. The number of ketones is 1. The van der Waals surface area contributed by atoms with Crippen molar-refractivity contribution >= 4 is 28.3 Å². The Kier molecular flexibility index (Phi) is 4.77. The number of benzene rings is 2. The number of nitro groups is 1. The van der Waals surface area contributed by atoms with Crippen LogP contribution in [0.25, 0.3) is 10.9 Å². The standard InChI is InChI=1S/C20H18N2O5/c1-11-10-14(8-9-17(11)22(25)26)20(24)27-13(3)19(23)18-12(2)21-16-7-5-4-6-15(16)18/h4-10,13,21H,1-3H3/t13-/m1/s1. The molecule has 1 atom stereocenters. The number of rotatable bonds is 5. The molecule has 2 aromatic carbocycles. The number of aromatic amines is 1. The molecule has 1 aromatic heterocycles. The van der Waals surface area contributed by atoms with E-state index in [1.807, 2.05) is 24.3 Å². The van der Waals surface area contributed by atoms with Gasteiger partial charge in [0, 0.05) is 33.8 Å². The number of hydrogen-bond donors (Lipinski definition) is 1. The van der Waals surface area contributed by atoms with Gasteiger partial charge in [-0.1, -0.05) is 18.2 Å². The summed E-state index contributed by atoms with van der Waals surface area (Å²) in [6, 6.07) is 11.4. The summed E-state index contributed by atoms with van der Waals surface area (Å²) in [5.41, 5.74) is 2.46. The third-order valence-corrected chi connectivity index (χ3v) is 4.42. The Morgan fingerprint density at radius 2 is 1.85 bits per heavy atom. The summed E-state index contributed by atoms with van der Waals surface area (Å²) in [6.07, 6.45) is -0.995. The highest BCUT2D eigenvalue weighted by Gasteiger charge is 2.25. The van der Waals surface area contributed by atoms with E-state index in [0.717, 1.165) is 10.9 Å². The summed E-state index contributed by atoms with van der Waals surface area (Å²) in [5, 5.41) is 11.7. The molecule has 0 spiro atoms. The minimum absolute atomic E-state index is 0.0786. The molecule has 3 rings (SSSR count). The van der Waals surface area contributed by atoms with E-state index >= 15 is 0 Å². The second-order valence-electron chi connectivity index (χ2n) is 6.34. The van der Waals surface area contributed by atoms with E-state index in [1.165, 1.54) is 25.1 Å². The average Bonchev–Trinajstić information content (AvgIpc) is 2.96. The first kappa shape index (κ1) is 18.3.